The van der Waals surface area contributed by atoms with Crippen LogP contribution in [-0.4, -0.2) is 31.9 Å². The molecule has 1 aromatic rings. The largest absolute Gasteiger partial charge is 0.312 e. The van der Waals surface area contributed by atoms with Crippen LogP contribution >= 0.6 is 11.3 Å². The van der Waals surface area contributed by atoms with Crippen LogP contribution in [0, 0.1) is 5.92 Å². The first-order valence-corrected chi connectivity index (χ1v) is 9.57. The van der Waals surface area contributed by atoms with Crippen molar-refractivity contribution in [2.24, 2.45) is 5.92 Å². The monoisotopic (exact) mass is 316 g/mol. The average molecular weight is 316 g/mol. The van der Waals surface area contributed by atoms with E-state index in [0.29, 0.717) is 17.4 Å². The molecule has 1 fully saturated rings. The molecule has 1 saturated carbocycles. The van der Waals surface area contributed by atoms with Crippen molar-refractivity contribution in [1.82, 2.24) is 9.62 Å². The van der Waals surface area contributed by atoms with E-state index in [2.05, 4.69) is 5.32 Å². The van der Waals surface area contributed by atoms with Gasteiger partial charge in [-0.15, -0.1) is 11.3 Å². The summed E-state index contributed by atoms with van der Waals surface area (Å²) in [5.74, 6) is 0.562. The van der Waals surface area contributed by atoms with Gasteiger partial charge >= 0.3 is 0 Å². The number of sulfonamides is 1. The Hall–Kier alpha value is -0.430. The number of hydrogen-bond donors (Lipinski definition) is 1. The van der Waals surface area contributed by atoms with Crippen LogP contribution in [0.1, 0.15) is 38.5 Å². The summed E-state index contributed by atoms with van der Waals surface area (Å²) in [6, 6.07) is 1.82. The van der Waals surface area contributed by atoms with Crippen LogP contribution in [0.15, 0.2) is 16.3 Å². The zero-order chi connectivity index (χ0) is 14.8. The molecule has 6 heteroatoms. The van der Waals surface area contributed by atoms with E-state index in [0.717, 1.165) is 30.8 Å². The molecule has 0 aromatic carbocycles. The predicted molar refractivity (Wildman–Crippen MR) is 83.5 cm³/mol. The van der Waals surface area contributed by atoms with Crippen molar-refractivity contribution >= 4 is 21.4 Å². The second-order valence-corrected chi connectivity index (χ2v) is 8.53. The summed E-state index contributed by atoms with van der Waals surface area (Å²) in [6.45, 7) is 8.23. The molecule has 0 atom stereocenters. The highest BCUT2D eigenvalue weighted by Crippen LogP contribution is 2.33. The number of hydrogen-bond acceptors (Lipinski definition) is 4. The molecule has 0 aliphatic heterocycles. The Kier molecular flexibility index (Phi) is 5.23. The maximum Gasteiger partial charge on any atom is 0.244 e. The van der Waals surface area contributed by atoms with Crippen LogP contribution in [0.4, 0.5) is 0 Å². The molecule has 20 heavy (non-hydrogen) atoms. The van der Waals surface area contributed by atoms with Gasteiger partial charge in [0.25, 0.3) is 0 Å². The van der Waals surface area contributed by atoms with Crippen molar-refractivity contribution < 1.29 is 8.42 Å². The summed E-state index contributed by atoms with van der Waals surface area (Å²) >= 11 is 1.51. The minimum atomic E-state index is -3.34. The molecule has 0 radical (unpaired) electrons. The Morgan fingerprint density at radius 3 is 2.70 bits per heavy atom. The maximum absolute atomic E-state index is 12.7. The van der Waals surface area contributed by atoms with E-state index >= 15 is 0 Å². The van der Waals surface area contributed by atoms with Gasteiger partial charge in [-0.2, -0.15) is 4.31 Å². The van der Waals surface area contributed by atoms with Crippen molar-refractivity contribution in [2.45, 2.75) is 51.1 Å². The van der Waals surface area contributed by atoms with Gasteiger partial charge < -0.3 is 5.32 Å². The topological polar surface area (TPSA) is 49.4 Å². The van der Waals surface area contributed by atoms with Gasteiger partial charge in [-0.1, -0.05) is 6.92 Å². The molecular weight excluding hydrogens is 292 g/mol. The Bertz CT molecular complexity index is 533. The molecule has 2 rings (SSSR count). The van der Waals surface area contributed by atoms with Crippen LogP contribution in [0.5, 0.6) is 0 Å². The van der Waals surface area contributed by atoms with Gasteiger partial charge in [-0.25, -0.2) is 8.42 Å². The zero-order valence-corrected chi connectivity index (χ0v) is 14.1. The molecule has 114 valence electrons. The lowest BCUT2D eigenvalue weighted by atomic mass is 10.3. The van der Waals surface area contributed by atoms with Gasteiger partial charge in [0, 0.05) is 29.4 Å². The van der Waals surface area contributed by atoms with E-state index < -0.39 is 10.0 Å². The summed E-state index contributed by atoms with van der Waals surface area (Å²) in [6.07, 6.45) is 2.32. The number of nitrogens with zero attached hydrogens (tertiary/aromatic N) is 1. The third kappa shape index (κ3) is 3.81. The molecule has 0 spiro atoms. The summed E-state index contributed by atoms with van der Waals surface area (Å²) in [5, 5.41) is 4.99. The Labute approximate surface area is 126 Å². The molecule has 0 bridgehead atoms. The fourth-order valence-electron chi connectivity index (χ4n) is 2.11. The maximum atomic E-state index is 12.7. The van der Waals surface area contributed by atoms with E-state index in [-0.39, 0.29) is 6.04 Å². The fraction of sp³-hybridized carbons (Fsp3) is 0.714. The standard InChI is InChI=1S/C14H24N2O2S2/c1-4-15-8-13-7-14(10-19-13)20(17,18)16(11(2)3)9-12-5-6-12/h7,10-12,15H,4-6,8-9H2,1-3H3. The zero-order valence-electron chi connectivity index (χ0n) is 12.4. The van der Waals surface area contributed by atoms with Crippen LogP contribution in [0.25, 0.3) is 0 Å². The third-order valence-electron chi connectivity index (χ3n) is 3.50. The number of thiophene rings is 1. The summed E-state index contributed by atoms with van der Waals surface area (Å²) in [5.41, 5.74) is 0. The summed E-state index contributed by atoms with van der Waals surface area (Å²) in [7, 11) is -3.34. The SMILES string of the molecule is CCNCc1cc(S(=O)(=O)N(CC2CC2)C(C)C)cs1. The lowest BCUT2D eigenvalue weighted by Gasteiger charge is -2.25. The first kappa shape index (κ1) is 15.9. The van der Waals surface area contributed by atoms with E-state index in [9.17, 15) is 8.42 Å². The van der Waals surface area contributed by atoms with E-state index in [1.807, 2.05) is 26.8 Å². The smallest absolute Gasteiger partial charge is 0.244 e. The molecule has 1 aliphatic rings. The average Bonchev–Trinajstić information content (AvgIpc) is 3.08. The van der Waals surface area contributed by atoms with E-state index in [1.165, 1.54) is 11.3 Å². The van der Waals surface area contributed by atoms with Crippen molar-refractivity contribution in [2.75, 3.05) is 13.1 Å². The third-order valence-corrected chi connectivity index (χ3v) is 6.60. The van der Waals surface area contributed by atoms with E-state index in [4.69, 9.17) is 0 Å². The fourth-order valence-corrected chi connectivity index (χ4v) is 5.06. The minimum Gasteiger partial charge on any atom is -0.312 e. The minimum absolute atomic E-state index is 0.0118. The van der Waals surface area contributed by atoms with Crippen molar-refractivity contribution in [3.63, 3.8) is 0 Å². The highest BCUT2D eigenvalue weighted by Gasteiger charge is 2.33. The second kappa shape index (κ2) is 6.56. The van der Waals surface area contributed by atoms with Crippen molar-refractivity contribution in [3.8, 4) is 0 Å². The molecule has 0 saturated heterocycles. The lowest BCUT2D eigenvalue weighted by Crippen LogP contribution is -2.38. The summed E-state index contributed by atoms with van der Waals surface area (Å²) < 4.78 is 27.1. The van der Waals surface area contributed by atoms with Gasteiger partial charge in [0.1, 0.15) is 0 Å². The Balaban J connectivity index is 2.16. The predicted octanol–water partition coefficient (Wildman–Crippen LogP) is 2.67. The van der Waals surface area contributed by atoms with Crippen LogP contribution in [-0.2, 0) is 16.6 Å². The van der Waals surface area contributed by atoms with Gasteiger partial charge in [-0.05, 0) is 45.2 Å². The number of rotatable bonds is 8. The number of nitrogens with one attached hydrogen (secondary N) is 1. The molecule has 0 amide bonds. The Morgan fingerprint density at radius 1 is 1.45 bits per heavy atom. The van der Waals surface area contributed by atoms with Gasteiger partial charge in [0.15, 0.2) is 0 Å². The quantitative estimate of drug-likeness (QED) is 0.802. The first-order valence-electron chi connectivity index (χ1n) is 7.25. The van der Waals surface area contributed by atoms with E-state index in [1.54, 1.807) is 9.69 Å². The molecule has 1 aromatic heterocycles. The first-order chi connectivity index (χ1) is 9.45. The highest BCUT2D eigenvalue weighted by atomic mass is 32.2. The highest BCUT2D eigenvalue weighted by molar-refractivity contribution is 7.89. The molecule has 1 N–H and O–H groups in total. The second-order valence-electron chi connectivity index (χ2n) is 5.64. The molecule has 4 nitrogen and oxygen atoms in total. The van der Waals surface area contributed by atoms with Gasteiger partial charge in [0.2, 0.25) is 10.0 Å². The molecule has 0 unspecified atom stereocenters. The van der Waals surface area contributed by atoms with Gasteiger partial charge in [-0.3, -0.25) is 0 Å². The molecular formula is C14H24N2O2S2. The van der Waals surface area contributed by atoms with Crippen molar-refractivity contribution in [1.29, 1.82) is 0 Å². The molecule has 1 heterocycles. The van der Waals surface area contributed by atoms with Gasteiger partial charge in [0.05, 0.1) is 4.90 Å². The van der Waals surface area contributed by atoms with Crippen LogP contribution in [0.2, 0.25) is 0 Å². The molecule has 1 aliphatic carbocycles. The Morgan fingerprint density at radius 2 is 2.15 bits per heavy atom. The van der Waals surface area contributed by atoms with Crippen molar-refractivity contribution in [3.05, 3.63) is 16.3 Å². The normalized spacial score (nSPS) is 16.2. The van der Waals surface area contributed by atoms with Crippen LogP contribution in [0.3, 0.4) is 0 Å². The summed E-state index contributed by atoms with van der Waals surface area (Å²) in [4.78, 5) is 1.52. The van der Waals surface area contributed by atoms with Crippen LogP contribution < -0.4 is 5.32 Å². The lowest BCUT2D eigenvalue weighted by molar-refractivity contribution is 0.342.